The van der Waals surface area contributed by atoms with E-state index in [9.17, 15) is 13.9 Å². The first kappa shape index (κ1) is 9.79. The maximum absolute atomic E-state index is 10.5. The van der Waals surface area contributed by atoms with E-state index in [1.54, 1.807) is 0 Å². The Bertz CT molecular complexity index is 181. The predicted molar refractivity (Wildman–Crippen MR) is 43.6 cm³/mol. The van der Waals surface area contributed by atoms with E-state index in [2.05, 4.69) is 4.74 Å². The van der Waals surface area contributed by atoms with E-state index in [4.69, 9.17) is 4.18 Å². The molecule has 0 aliphatic carbocycles. The summed E-state index contributed by atoms with van der Waals surface area (Å²) in [5, 5.41) is 0. The highest BCUT2D eigenvalue weighted by molar-refractivity contribution is 8.20. The lowest BCUT2D eigenvalue weighted by Crippen LogP contribution is -2.29. The zero-order chi connectivity index (χ0) is 9.19. The molecule has 0 saturated carbocycles. The fourth-order valence-corrected chi connectivity index (χ4v) is 2.22. The van der Waals surface area contributed by atoms with Crippen molar-refractivity contribution < 1.29 is 22.8 Å². The molecule has 1 atom stereocenters. The van der Waals surface area contributed by atoms with Gasteiger partial charge in [-0.25, -0.2) is 0 Å². The number of carbonyl (C=O) groups excluding carboxylic acids is 1. The van der Waals surface area contributed by atoms with Gasteiger partial charge in [-0.05, 0) is 6.42 Å². The molecule has 12 heavy (non-hydrogen) atoms. The monoisotopic (exact) mass is 196 g/mol. The van der Waals surface area contributed by atoms with Crippen molar-refractivity contribution in [2.45, 2.75) is 25.2 Å². The van der Waals surface area contributed by atoms with Gasteiger partial charge in [0.05, 0.1) is 6.61 Å². The van der Waals surface area contributed by atoms with Crippen molar-refractivity contribution in [2.75, 3.05) is 6.61 Å². The van der Waals surface area contributed by atoms with Gasteiger partial charge in [-0.2, -0.15) is 0 Å². The highest BCUT2D eigenvalue weighted by Gasteiger charge is 2.36. The Balaban J connectivity index is 2.54. The molecular weight excluding hydrogens is 184 g/mol. The average molecular weight is 196 g/mol. The topological polar surface area (TPSA) is 76.0 Å². The highest BCUT2D eigenvalue weighted by Crippen LogP contribution is 2.50. The van der Waals surface area contributed by atoms with Crippen LogP contribution in [0, 0.1) is 0 Å². The van der Waals surface area contributed by atoms with Crippen molar-refractivity contribution in [2.24, 2.45) is 0 Å². The van der Waals surface area contributed by atoms with Gasteiger partial charge in [0.25, 0.3) is 0 Å². The van der Waals surface area contributed by atoms with Crippen molar-refractivity contribution in [1.29, 1.82) is 0 Å². The lowest BCUT2D eigenvalue weighted by atomic mass is 10.3. The number of hydrogen-bond donors (Lipinski definition) is 2. The Kier molecular flexibility index (Phi) is 2.94. The van der Waals surface area contributed by atoms with Gasteiger partial charge in [0.15, 0.2) is 5.44 Å². The standard InChI is InChI=1S/C6H12O5S/c1-5(7)11-6-3-2-4-10-12(6,8)9/h6,8-9H,2-4H2,1H3. The van der Waals surface area contributed by atoms with Crippen LogP contribution in [-0.2, 0) is 13.7 Å². The summed E-state index contributed by atoms with van der Waals surface area (Å²) in [6.07, 6.45) is 1.12. The maximum atomic E-state index is 10.5. The Hall–Kier alpha value is -0.300. The van der Waals surface area contributed by atoms with Crippen molar-refractivity contribution in [1.82, 2.24) is 0 Å². The van der Waals surface area contributed by atoms with Crippen LogP contribution in [0.4, 0.5) is 0 Å². The molecule has 1 saturated heterocycles. The number of hydrogen-bond acceptors (Lipinski definition) is 5. The molecule has 0 radical (unpaired) electrons. The van der Waals surface area contributed by atoms with Crippen LogP contribution >= 0.6 is 10.9 Å². The molecule has 1 aliphatic rings. The summed E-state index contributed by atoms with van der Waals surface area (Å²) in [4.78, 5) is 10.5. The van der Waals surface area contributed by atoms with Gasteiger partial charge in [0.1, 0.15) is 10.9 Å². The van der Waals surface area contributed by atoms with Crippen LogP contribution in [0.5, 0.6) is 0 Å². The molecule has 1 rings (SSSR count). The van der Waals surface area contributed by atoms with Crippen molar-refractivity contribution in [3.05, 3.63) is 0 Å². The molecule has 1 heterocycles. The van der Waals surface area contributed by atoms with Crippen molar-refractivity contribution >= 4 is 16.8 Å². The third-order valence-electron chi connectivity index (χ3n) is 1.48. The van der Waals surface area contributed by atoms with Crippen LogP contribution in [0.15, 0.2) is 0 Å². The fraction of sp³-hybridized carbons (Fsp3) is 0.833. The van der Waals surface area contributed by atoms with E-state index in [0.29, 0.717) is 19.4 Å². The van der Waals surface area contributed by atoms with E-state index in [-0.39, 0.29) is 0 Å². The summed E-state index contributed by atoms with van der Waals surface area (Å²) in [7, 11) is -3.16. The van der Waals surface area contributed by atoms with Crippen LogP contribution in [0.25, 0.3) is 0 Å². The van der Waals surface area contributed by atoms with E-state index in [1.807, 2.05) is 0 Å². The van der Waals surface area contributed by atoms with Crippen LogP contribution in [0.1, 0.15) is 19.8 Å². The second kappa shape index (κ2) is 3.61. The van der Waals surface area contributed by atoms with Crippen LogP contribution in [0.2, 0.25) is 0 Å². The fourth-order valence-electron chi connectivity index (χ4n) is 0.968. The van der Waals surface area contributed by atoms with Gasteiger partial charge in [0.2, 0.25) is 0 Å². The van der Waals surface area contributed by atoms with Gasteiger partial charge >= 0.3 is 5.97 Å². The van der Waals surface area contributed by atoms with Gasteiger partial charge in [0, 0.05) is 13.3 Å². The molecule has 72 valence electrons. The lowest BCUT2D eigenvalue weighted by molar-refractivity contribution is -0.144. The summed E-state index contributed by atoms with van der Waals surface area (Å²) in [6.45, 7) is 1.53. The zero-order valence-electron chi connectivity index (χ0n) is 6.73. The molecule has 0 aromatic heterocycles. The van der Waals surface area contributed by atoms with E-state index < -0.39 is 22.3 Å². The Labute approximate surface area is 72.2 Å². The average Bonchev–Trinajstić information content (AvgIpc) is 1.92. The normalized spacial score (nSPS) is 30.8. The summed E-state index contributed by atoms with van der Waals surface area (Å²) < 4.78 is 27.8. The quantitative estimate of drug-likeness (QED) is 0.619. The van der Waals surface area contributed by atoms with Gasteiger partial charge in [-0.1, -0.05) is 0 Å². The molecule has 6 heteroatoms. The molecule has 2 N–H and O–H groups in total. The summed E-state index contributed by atoms with van der Waals surface area (Å²) in [5.74, 6) is -0.523. The Morgan fingerprint density at radius 1 is 1.67 bits per heavy atom. The van der Waals surface area contributed by atoms with Crippen LogP contribution in [-0.4, -0.2) is 27.1 Å². The largest absolute Gasteiger partial charge is 0.446 e. The molecule has 1 fully saturated rings. The summed E-state index contributed by atoms with van der Waals surface area (Å²) in [6, 6.07) is 0. The molecule has 1 aliphatic heterocycles. The number of esters is 1. The number of carbonyl (C=O) groups is 1. The second-order valence-corrected chi connectivity index (χ2v) is 4.38. The molecule has 0 aromatic carbocycles. The molecule has 0 bridgehead atoms. The summed E-state index contributed by atoms with van der Waals surface area (Å²) >= 11 is 0. The smallest absolute Gasteiger partial charge is 0.303 e. The van der Waals surface area contributed by atoms with Crippen LogP contribution < -0.4 is 0 Å². The van der Waals surface area contributed by atoms with Crippen LogP contribution in [0.3, 0.4) is 0 Å². The van der Waals surface area contributed by atoms with Gasteiger partial charge in [-0.3, -0.25) is 8.98 Å². The van der Waals surface area contributed by atoms with Gasteiger partial charge < -0.3 is 13.8 Å². The molecular formula is C6H12O5S. The van der Waals surface area contributed by atoms with Crippen molar-refractivity contribution in [3.63, 3.8) is 0 Å². The van der Waals surface area contributed by atoms with Gasteiger partial charge in [-0.15, -0.1) is 0 Å². The van der Waals surface area contributed by atoms with Crippen molar-refractivity contribution in [3.8, 4) is 0 Å². The third kappa shape index (κ3) is 2.34. The number of rotatable bonds is 1. The first-order chi connectivity index (χ1) is 5.52. The first-order valence-electron chi connectivity index (χ1n) is 3.61. The van der Waals surface area contributed by atoms with E-state index in [1.165, 1.54) is 6.92 Å². The zero-order valence-corrected chi connectivity index (χ0v) is 7.54. The predicted octanol–water partition coefficient (Wildman–Crippen LogP) is 1.35. The lowest BCUT2D eigenvalue weighted by Gasteiger charge is -2.37. The Morgan fingerprint density at radius 2 is 2.33 bits per heavy atom. The Morgan fingerprint density at radius 3 is 2.83 bits per heavy atom. The summed E-state index contributed by atoms with van der Waals surface area (Å²) in [5.41, 5.74) is -0.885. The minimum Gasteiger partial charge on any atom is -0.446 e. The second-order valence-electron chi connectivity index (χ2n) is 2.54. The highest BCUT2D eigenvalue weighted by atomic mass is 32.3. The molecule has 0 amide bonds. The molecule has 5 nitrogen and oxygen atoms in total. The molecule has 0 aromatic rings. The SMILES string of the molecule is CC(=O)OC1CCCOS1(O)O. The van der Waals surface area contributed by atoms with E-state index in [0.717, 1.165) is 0 Å². The van der Waals surface area contributed by atoms with E-state index >= 15 is 0 Å². The number of ether oxygens (including phenoxy) is 1. The minimum atomic E-state index is -3.16. The third-order valence-corrected chi connectivity index (χ3v) is 3.01. The first-order valence-corrected chi connectivity index (χ1v) is 5.14. The minimum absolute atomic E-state index is 0.306. The molecule has 1 unspecified atom stereocenters. The maximum Gasteiger partial charge on any atom is 0.303 e. The molecule has 0 spiro atoms.